The summed E-state index contributed by atoms with van der Waals surface area (Å²) in [4.78, 5) is 10.8. The van der Waals surface area contributed by atoms with E-state index >= 15 is 0 Å². The average molecular weight is 412 g/mol. The minimum absolute atomic E-state index is 0.0895. The molecule has 0 bridgehead atoms. The Kier molecular flexibility index (Phi) is 6.35. The fourth-order valence-electron chi connectivity index (χ4n) is 2.84. The van der Waals surface area contributed by atoms with Crippen LogP contribution in [0.4, 0.5) is 11.6 Å². The van der Waals surface area contributed by atoms with Gasteiger partial charge < -0.3 is 15.0 Å². The van der Waals surface area contributed by atoms with Gasteiger partial charge in [-0.3, -0.25) is 0 Å². The molecule has 10 heteroatoms. The largest absolute Gasteiger partial charge is 0.495 e. The number of methoxy groups -OCH3 is 1. The van der Waals surface area contributed by atoms with Crippen LogP contribution in [0.15, 0.2) is 35.5 Å². The molecule has 0 atom stereocenters. The van der Waals surface area contributed by atoms with Crippen LogP contribution in [0.25, 0.3) is 0 Å². The van der Waals surface area contributed by atoms with E-state index in [2.05, 4.69) is 24.9 Å². The first kappa shape index (κ1) is 19.7. The summed E-state index contributed by atoms with van der Waals surface area (Å²) in [6.07, 6.45) is 3.85. The van der Waals surface area contributed by atoms with Crippen molar-refractivity contribution in [1.82, 2.24) is 14.7 Å². The Morgan fingerprint density at radius 3 is 2.67 bits per heavy atom. The van der Waals surface area contributed by atoms with Crippen molar-refractivity contribution in [2.75, 3.05) is 43.5 Å². The van der Waals surface area contributed by atoms with Crippen molar-refractivity contribution < 1.29 is 13.2 Å². The molecule has 0 unspecified atom stereocenters. The van der Waals surface area contributed by atoms with Crippen LogP contribution in [0.3, 0.4) is 0 Å². The summed E-state index contributed by atoms with van der Waals surface area (Å²) < 4.78 is 32.3. The van der Waals surface area contributed by atoms with Gasteiger partial charge in [0.15, 0.2) is 0 Å². The Morgan fingerprint density at radius 2 is 1.96 bits per heavy atom. The highest BCUT2D eigenvalue weighted by Gasteiger charge is 2.16. The third kappa shape index (κ3) is 5.00. The molecule has 8 nitrogen and oxygen atoms in total. The molecule has 0 aliphatic carbocycles. The molecule has 0 spiro atoms. The van der Waals surface area contributed by atoms with Crippen LogP contribution in [0.1, 0.15) is 12.8 Å². The number of nitrogens with zero attached hydrogens (tertiary/aromatic N) is 3. The fourth-order valence-corrected chi connectivity index (χ4v) is 4.22. The fraction of sp³-hybridized carbons (Fsp3) is 0.412. The highest BCUT2D eigenvalue weighted by molar-refractivity contribution is 7.89. The van der Waals surface area contributed by atoms with Crippen molar-refractivity contribution >= 4 is 33.3 Å². The molecular weight excluding hydrogens is 390 g/mol. The molecule has 1 aromatic carbocycles. The summed E-state index contributed by atoms with van der Waals surface area (Å²) in [5, 5.41) is 3.36. The van der Waals surface area contributed by atoms with E-state index in [4.69, 9.17) is 16.3 Å². The smallest absolute Gasteiger partial charge is 0.240 e. The molecule has 1 aliphatic heterocycles. The molecule has 1 aromatic heterocycles. The van der Waals surface area contributed by atoms with E-state index in [0.29, 0.717) is 18.1 Å². The summed E-state index contributed by atoms with van der Waals surface area (Å²) in [7, 11) is -2.18. The second kappa shape index (κ2) is 8.73. The molecule has 2 N–H and O–H groups in total. The number of nitrogens with one attached hydrogen (secondary N) is 2. The van der Waals surface area contributed by atoms with Crippen molar-refractivity contribution in [2.45, 2.75) is 17.7 Å². The van der Waals surface area contributed by atoms with Crippen molar-refractivity contribution in [3.05, 3.63) is 35.6 Å². The number of sulfonamides is 1. The number of hydrogen-bond donors (Lipinski definition) is 2. The third-order valence-electron chi connectivity index (χ3n) is 4.24. The molecule has 2 heterocycles. The van der Waals surface area contributed by atoms with E-state index in [9.17, 15) is 8.42 Å². The molecular formula is C17H22ClN5O3S. The number of rotatable bonds is 8. The lowest BCUT2D eigenvalue weighted by molar-refractivity contribution is 0.414. The van der Waals surface area contributed by atoms with Gasteiger partial charge in [-0.2, -0.15) is 0 Å². The van der Waals surface area contributed by atoms with Gasteiger partial charge in [-0.05, 0) is 31.0 Å². The number of ether oxygens (including phenoxy) is 1. The van der Waals surface area contributed by atoms with E-state index in [1.165, 1.54) is 44.5 Å². The van der Waals surface area contributed by atoms with Crippen molar-refractivity contribution in [3.8, 4) is 5.75 Å². The third-order valence-corrected chi connectivity index (χ3v) is 5.99. The van der Waals surface area contributed by atoms with E-state index < -0.39 is 10.0 Å². The van der Waals surface area contributed by atoms with Gasteiger partial charge in [0.1, 0.15) is 23.7 Å². The van der Waals surface area contributed by atoms with Crippen LogP contribution in [0.2, 0.25) is 5.02 Å². The Labute approximate surface area is 164 Å². The van der Waals surface area contributed by atoms with E-state index in [1.54, 1.807) is 0 Å². The predicted octanol–water partition coefficient (Wildman–Crippen LogP) is 2.13. The van der Waals surface area contributed by atoms with Crippen LogP contribution in [-0.4, -0.2) is 51.7 Å². The van der Waals surface area contributed by atoms with Crippen LogP contribution in [-0.2, 0) is 10.0 Å². The van der Waals surface area contributed by atoms with Crippen LogP contribution in [0.5, 0.6) is 5.75 Å². The number of halogens is 1. The minimum atomic E-state index is -3.65. The predicted molar refractivity (Wildman–Crippen MR) is 105 cm³/mol. The SMILES string of the molecule is COc1ccc(S(=O)(=O)NCCNc2cc(N3CCCC3)ncn2)cc1Cl. The molecule has 0 radical (unpaired) electrons. The molecule has 3 rings (SSSR count). The van der Waals surface area contributed by atoms with Gasteiger partial charge in [-0.25, -0.2) is 23.1 Å². The Balaban J connectivity index is 1.53. The van der Waals surface area contributed by atoms with Gasteiger partial charge >= 0.3 is 0 Å². The molecule has 146 valence electrons. The first-order chi connectivity index (χ1) is 13.0. The Bertz CT molecular complexity index is 888. The van der Waals surface area contributed by atoms with Gasteiger partial charge in [0.05, 0.1) is 17.0 Å². The summed E-state index contributed by atoms with van der Waals surface area (Å²) in [6, 6.07) is 6.22. The zero-order valence-corrected chi connectivity index (χ0v) is 16.6. The lowest BCUT2D eigenvalue weighted by Crippen LogP contribution is -2.29. The molecule has 0 amide bonds. The van der Waals surface area contributed by atoms with Crippen molar-refractivity contribution in [2.24, 2.45) is 0 Å². The van der Waals surface area contributed by atoms with Crippen molar-refractivity contribution in [1.29, 1.82) is 0 Å². The maximum absolute atomic E-state index is 12.4. The monoisotopic (exact) mass is 411 g/mol. The zero-order valence-electron chi connectivity index (χ0n) is 15.0. The minimum Gasteiger partial charge on any atom is -0.495 e. The van der Waals surface area contributed by atoms with E-state index in [1.807, 2.05) is 6.07 Å². The lowest BCUT2D eigenvalue weighted by Gasteiger charge is -2.16. The van der Waals surface area contributed by atoms with E-state index in [0.717, 1.165) is 18.9 Å². The molecule has 1 aliphatic rings. The molecule has 1 fully saturated rings. The second-order valence-corrected chi connectivity index (χ2v) is 8.25. The summed E-state index contributed by atoms with van der Waals surface area (Å²) in [6.45, 7) is 2.59. The zero-order chi connectivity index (χ0) is 19.3. The normalized spacial score (nSPS) is 14.4. The first-order valence-electron chi connectivity index (χ1n) is 8.64. The first-order valence-corrected chi connectivity index (χ1v) is 10.5. The topological polar surface area (TPSA) is 96.5 Å². The number of benzene rings is 1. The molecule has 0 saturated carbocycles. The van der Waals surface area contributed by atoms with Crippen LogP contribution >= 0.6 is 11.6 Å². The number of anilines is 2. The van der Waals surface area contributed by atoms with Crippen molar-refractivity contribution in [3.63, 3.8) is 0 Å². The summed E-state index contributed by atoms with van der Waals surface area (Å²) >= 11 is 6.00. The molecule has 1 saturated heterocycles. The maximum atomic E-state index is 12.4. The number of aromatic nitrogens is 2. The van der Waals surface area contributed by atoms with Gasteiger partial charge in [-0.15, -0.1) is 0 Å². The quantitative estimate of drug-likeness (QED) is 0.642. The van der Waals surface area contributed by atoms with Crippen LogP contribution in [0, 0.1) is 0 Å². The van der Waals surface area contributed by atoms with Gasteiger partial charge in [-0.1, -0.05) is 11.6 Å². The average Bonchev–Trinajstić information content (AvgIpc) is 3.20. The molecule has 2 aromatic rings. The van der Waals surface area contributed by atoms with Gasteiger partial charge in [0.2, 0.25) is 10.0 Å². The Hall–Kier alpha value is -2.10. The summed E-state index contributed by atoms with van der Waals surface area (Å²) in [5.74, 6) is 1.98. The summed E-state index contributed by atoms with van der Waals surface area (Å²) in [5.41, 5.74) is 0. The van der Waals surface area contributed by atoms with E-state index in [-0.39, 0.29) is 16.5 Å². The number of hydrogen-bond acceptors (Lipinski definition) is 7. The van der Waals surface area contributed by atoms with Crippen LogP contribution < -0.4 is 19.7 Å². The highest BCUT2D eigenvalue weighted by Crippen LogP contribution is 2.26. The molecule has 27 heavy (non-hydrogen) atoms. The highest BCUT2D eigenvalue weighted by atomic mass is 35.5. The maximum Gasteiger partial charge on any atom is 0.240 e. The lowest BCUT2D eigenvalue weighted by atomic mass is 10.3. The van der Waals surface area contributed by atoms with Gasteiger partial charge in [0.25, 0.3) is 0 Å². The van der Waals surface area contributed by atoms with Gasteiger partial charge in [0, 0.05) is 32.2 Å². The Morgan fingerprint density at radius 1 is 1.19 bits per heavy atom. The second-order valence-electron chi connectivity index (χ2n) is 6.08. The standard InChI is InChI=1S/C17H22ClN5O3S/c1-26-15-5-4-13(10-14(15)18)27(24,25)22-7-6-19-16-11-17(21-12-20-16)23-8-2-3-9-23/h4-5,10-12,22H,2-3,6-9H2,1H3,(H,19,20,21).